The van der Waals surface area contributed by atoms with Crippen molar-refractivity contribution in [1.82, 2.24) is 0 Å². The molecule has 0 bridgehead atoms. The molecule has 0 spiro atoms. The maximum absolute atomic E-state index is 5.67. The Morgan fingerprint density at radius 2 is 1.52 bits per heavy atom. The lowest BCUT2D eigenvalue weighted by Crippen LogP contribution is -1.98. The van der Waals surface area contributed by atoms with Crippen LogP contribution in [-0.2, 0) is 17.8 Å². The molecule has 0 atom stereocenters. The highest BCUT2D eigenvalue weighted by Crippen LogP contribution is 2.18. The minimum absolute atomic E-state index is 0.687. The topological polar surface area (TPSA) is 18.5 Å². The Labute approximate surface area is 128 Å². The maximum Gasteiger partial charge on any atom is 0.122 e. The summed E-state index contributed by atoms with van der Waals surface area (Å²) >= 11 is 0. The van der Waals surface area contributed by atoms with E-state index in [9.17, 15) is 0 Å². The third-order valence-electron chi connectivity index (χ3n) is 3.04. The van der Waals surface area contributed by atoms with Crippen LogP contribution < -0.4 is 4.74 Å². The molecule has 0 unspecified atom stereocenters. The van der Waals surface area contributed by atoms with Crippen LogP contribution in [0.2, 0.25) is 0 Å². The predicted octanol–water partition coefficient (Wildman–Crippen LogP) is 4.87. The average molecular weight is 286 g/mol. The summed E-state index contributed by atoms with van der Waals surface area (Å²) in [6.07, 6.45) is 1.99. The van der Waals surface area contributed by atoms with Crippen molar-refractivity contribution in [3.8, 4) is 5.75 Å². The van der Waals surface area contributed by atoms with Crippen LogP contribution in [0.1, 0.15) is 31.4 Å². The molecule has 0 amide bonds. The van der Waals surface area contributed by atoms with Gasteiger partial charge in [-0.25, -0.2) is 0 Å². The molecule has 0 aliphatic carbocycles. The molecule has 114 valence electrons. The Kier molecular flexibility index (Phi) is 8.98. The lowest BCUT2D eigenvalue weighted by molar-refractivity contribution is 0.118. The minimum atomic E-state index is 0.687. The molecule has 0 aliphatic rings. The van der Waals surface area contributed by atoms with Gasteiger partial charge in [-0.1, -0.05) is 62.4 Å². The van der Waals surface area contributed by atoms with Crippen molar-refractivity contribution in [2.24, 2.45) is 0 Å². The highest BCUT2D eigenvalue weighted by Gasteiger charge is 2.01. The first-order valence-electron chi connectivity index (χ1n) is 7.63. The number of hydrogen-bond acceptors (Lipinski definition) is 2. The fourth-order valence-corrected chi connectivity index (χ4v) is 2.04. The monoisotopic (exact) mass is 286 g/mol. The van der Waals surface area contributed by atoms with Gasteiger partial charge in [0.15, 0.2) is 0 Å². The van der Waals surface area contributed by atoms with Gasteiger partial charge in [0.2, 0.25) is 0 Å². The third kappa shape index (κ3) is 6.46. The zero-order valence-electron chi connectivity index (χ0n) is 13.3. The van der Waals surface area contributed by atoms with Crippen molar-refractivity contribution in [3.63, 3.8) is 0 Å². The zero-order chi connectivity index (χ0) is 15.3. The van der Waals surface area contributed by atoms with Gasteiger partial charge in [-0.2, -0.15) is 0 Å². The van der Waals surface area contributed by atoms with Crippen molar-refractivity contribution < 1.29 is 9.47 Å². The SMILES string of the molecule is CC.COc1ccccc1CCCOCc1ccccc1. The normalized spacial score (nSPS) is 9.67. The molecule has 0 heterocycles. The summed E-state index contributed by atoms with van der Waals surface area (Å²) in [6.45, 7) is 5.46. The van der Waals surface area contributed by atoms with E-state index in [1.807, 2.05) is 50.2 Å². The zero-order valence-corrected chi connectivity index (χ0v) is 13.3. The third-order valence-corrected chi connectivity index (χ3v) is 3.04. The maximum atomic E-state index is 5.67. The van der Waals surface area contributed by atoms with Crippen molar-refractivity contribution in [3.05, 3.63) is 65.7 Å². The molecule has 2 rings (SSSR count). The quantitative estimate of drug-likeness (QED) is 0.676. The molecular weight excluding hydrogens is 260 g/mol. The van der Waals surface area contributed by atoms with Crippen molar-refractivity contribution in [1.29, 1.82) is 0 Å². The molecule has 0 radical (unpaired) electrons. The summed E-state index contributed by atoms with van der Waals surface area (Å²) in [5.41, 5.74) is 2.47. The second-order valence-electron chi connectivity index (χ2n) is 4.45. The fraction of sp³-hybridized carbons (Fsp3) is 0.368. The van der Waals surface area contributed by atoms with Crippen LogP contribution in [0.3, 0.4) is 0 Å². The summed E-state index contributed by atoms with van der Waals surface area (Å²) < 4.78 is 11.0. The molecule has 2 aromatic carbocycles. The lowest BCUT2D eigenvalue weighted by atomic mass is 10.1. The molecule has 0 saturated heterocycles. The standard InChI is InChI=1S/C17H20O2.C2H6/c1-18-17-12-6-5-10-16(17)11-7-13-19-14-15-8-3-2-4-9-15;1-2/h2-6,8-10,12H,7,11,13-14H2,1H3;1-2H3. The van der Waals surface area contributed by atoms with E-state index in [-0.39, 0.29) is 0 Å². The van der Waals surface area contributed by atoms with Gasteiger partial charge in [-0.05, 0) is 30.0 Å². The number of rotatable bonds is 7. The van der Waals surface area contributed by atoms with Gasteiger partial charge >= 0.3 is 0 Å². The van der Waals surface area contributed by atoms with Crippen LogP contribution >= 0.6 is 0 Å². The molecule has 0 aliphatic heterocycles. The molecule has 2 heteroatoms. The van der Waals surface area contributed by atoms with Crippen LogP contribution in [0.4, 0.5) is 0 Å². The Balaban J connectivity index is 0.00000106. The van der Waals surface area contributed by atoms with Crippen LogP contribution in [0, 0.1) is 0 Å². The number of methoxy groups -OCH3 is 1. The number of benzene rings is 2. The molecule has 0 saturated carbocycles. The van der Waals surface area contributed by atoms with Gasteiger partial charge < -0.3 is 9.47 Å². The highest BCUT2D eigenvalue weighted by molar-refractivity contribution is 5.33. The number of aryl methyl sites for hydroxylation is 1. The minimum Gasteiger partial charge on any atom is -0.496 e. The first kappa shape index (κ1) is 17.3. The highest BCUT2D eigenvalue weighted by atomic mass is 16.5. The summed E-state index contributed by atoms with van der Waals surface area (Å²) in [6, 6.07) is 18.4. The largest absolute Gasteiger partial charge is 0.496 e. The summed E-state index contributed by atoms with van der Waals surface area (Å²) in [5, 5.41) is 0. The van der Waals surface area contributed by atoms with E-state index in [1.54, 1.807) is 7.11 Å². The second kappa shape index (κ2) is 10.9. The molecule has 0 fully saturated rings. The van der Waals surface area contributed by atoms with Crippen LogP contribution in [0.5, 0.6) is 5.75 Å². The summed E-state index contributed by atoms with van der Waals surface area (Å²) in [7, 11) is 1.71. The van der Waals surface area contributed by atoms with E-state index in [1.165, 1.54) is 11.1 Å². The summed E-state index contributed by atoms with van der Waals surface area (Å²) in [4.78, 5) is 0. The average Bonchev–Trinajstić information content (AvgIpc) is 2.58. The molecule has 21 heavy (non-hydrogen) atoms. The smallest absolute Gasteiger partial charge is 0.122 e. The Morgan fingerprint density at radius 3 is 2.24 bits per heavy atom. The van der Waals surface area contributed by atoms with Gasteiger partial charge in [0, 0.05) is 6.61 Å². The molecule has 2 nitrogen and oxygen atoms in total. The predicted molar refractivity (Wildman–Crippen MR) is 88.8 cm³/mol. The molecule has 0 aromatic heterocycles. The van der Waals surface area contributed by atoms with E-state index in [0.717, 1.165) is 25.2 Å². The Hall–Kier alpha value is -1.80. The first-order valence-corrected chi connectivity index (χ1v) is 7.63. The van der Waals surface area contributed by atoms with Gasteiger partial charge in [0.1, 0.15) is 5.75 Å². The van der Waals surface area contributed by atoms with E-state index >= 15 is 0 Å². The number of hydrogen-bond donors (Lipinski definition) is 0. The van der Waals surface area contributed by atoms with Crippen LogP contribution in [0.15, 0.2) is 54.6 Å². The van der Waals surface area contributed by atoms with E-state index in [0.29, 0.717) is 6.61 Å². The van der Waals surface area contributed by atoms with Gasteiger partial charge in [-0.15, -0.1) is 0 Å². The first-order chi connectivity index (χ1) is 10.4. The van der Waals surface area contributed by atoms with E-state index < -0.39 is 0 Å². The van der Waals surface area contributed by atoms with Crippen molar-refractivity contribution in [2.75, 3.05) is 13.7 Å². The van der Waals surface area contributed by atoms with Gasteiger partial charge in [-0.3, -0.25) is 0 Å². The summed E-state index contributed by atoms with van der Waals surface area (Å²) in [5.74, 6) is 0.963. The second-order valence-corrected chi connectivity index (χ2v) is 4.45. The van der Waals surface area contributed by atoms with Gasteiger partial charge in [0.05, 0.1) is 13.7 Å². The number of ether oxygens (including phenoxy) is 2. The molecule has 2 aromatic rings. The van der Waals surface area contributed by atoms with Crippen molar-refractivity contribution in [2.45, 2.75) is 33.3 Å². The van der Waals surface area contributed by atoms with Crippen molar-refractivity contribution >= 4 is 0 Å². The van der Waals surface area contributed by atoms with Crippen LogP contribution in [0.25, 0.3) is 0 Å². The molecule has 0 N–H and O–H groups in total. The van der Waals surface area contributed by atoms with E-state index in [2.05, 4.69) is 18.2 Å². The Bertz CT molecular complexity index is 480. The lowest BCUT2D eigenvalue weighted by Gasteiger charge is -2.08. The fourth-order valence-electron chi connectivity index (χ4n) is 2.04. The molecular formula is C19H26O2. The van der Waals surface area contributed by atoms with Crippen LogP contribution in [-0.4, -0.2) is 13.7 Å². The van der Waals surface area contributed by atoms with Gasteiger partial charge in [0.25, 0.3) is 0 Å². The number of para-hydroxylation sites is 1. The van der Waals surface area contributed by atoms with E-state index in [4.69, 9.17) is 9.47 Å². The Morgan fingerprint density at radius 1 is 0.857 bits per heavy atom.